The highest BCUT2D eigenvalue weighted by Crippen LogP contribution is 2.32. The van der Waals surface area contributed by atoms with Crippen LogP contribution < -0.4 is 10.2 Å². The van der Waals surface area contributed by atoms with Crippen LogP contribution in [0.25, 0.3) is 0 Å². The summed E-state index contributed by atoms with van der Waals surface area (Å²) in [5.74, 6) is -0.672. The smallest absolute Gasteiger partial charge is 0.414 e. The van der Waals surface area contributed by atoms with Gasteiger partial charge in [0.25, 0.3) is 5.91 Å². The summed E-state index contributed by atoms with van der Waals surface area (Å²) in [5, 5.41) is 2.63. The van der Waals surface area contributed by atoms with Gasteiger partial charge in [0.05, 0.1) is 11.9 Å². The molecule has 0 bridgehead atoms. The van der Waals surface area contributed by atoms with Gasteiger partial charge in [0.15, 0.2) is 6.10 Å². The maximum atomic E-state index is 13.0. The average molecular weight is 415 g/mol. The van der Waals surface area contributed by atoms with Crippen molar-refractivity contribution in [3.05, 3.63) is 53.5 Å². The molecule has 1 atom stereocenters. The van der Waals surface area contributed by atoms with Crippen molar-refractivity contribution in [2.24, 2.45) is 0 Å². The molecule has 2 heterocycles. The molecule has 0 radical (unpaired) electrons. The van der Waals surface area contributed by atoms with Crippen LogP contribution in [0, 0.1) is 5.82 Å². The molecule has 2 amide bonds. The average Bonchev–Trinajstić information content (AvgIpc) is 2.68. The summed E-state index contributed by atoms with van der Waals surface area (Å²) in [6, 6.07) is 8.04. The number of hydrogen-bond donors (Lipinski definition) is 1. The zero-order chi connectivity index (χ0) is 21.9. The highest BCUT2D eigenvalue weighted by atomic mass is 19.1. The number of nitrogens with one attached hydrogen (secondary N) is 1. The third-order valence-corrected chi connectivity index (χ3v) is 4.59. The van der Waals surface area contributed by atoms with Gasteiger partial charge in [-0.25, -0.2) is 14.2 Å². The summed E-state index contributed by atoms with van der Waals surface area (Å²) in [7, 11) is 1.44. The lowest BCUT2D eigenvalue weighted by atomic mass is 9.97. The Bertz CT molecular complexity index is 925. The highest BCUT2D eigenvalue weighted by Gasteiger charge is 2.29. The number of halogens is 1. The van der Waals surface area contributed by atoms with E-state index in [9.17, 15) is 14.0 Å². The van der Waals surface area contributed by atoms with E-state index in [0.29, 0.717) is 12.1 Å². The van der Waals surface area contributed by atoms with Gasteiger partial charge in [-0.1, -0.05) is 12.1 Å². The first-order chi connectivity index (χ1) is 14.2. The number of aromatic nitrogens is 1. The SMILES string of the molecule is COC(C(=O)Nc1ccc(F)cn1)c1ccc2c(c1)CCCN2C(=O)OC(C)(C)C. The van der Waals surface area contributed by atoms with Crippen molar-refractivity contribution < 1.29 is 23.5 Å². The molecular weight excluding hydrogens is 389 g/mol. The molecule has 1 N–H and O–H groups in total. The molecule has 1 aromatic carbocycles. The molecule has 1 aliphatic heterocycles. The van der Waals surface area contributed by atoms with Crippen molar-refractivity contribution in [2.45, 2.75) is 45.3 Å². The van der Waals surface area contributed by atoms with E-state index in [1.54, 1.807) is 11.0 Å². The summed E-state index contributed by atoms with van der Waals surface area (Å²) >= 11 is 0. The topological polar surface area (TPSA) is 80.8 Å². The Morgan fingerprint density at radius 2 is 2.00 bits per heavy atom. The van der Waals surface area contributed by atoms with Crippen molar-refractivity contribution in [1.82, 2.24) is 4.98 Å². The molecule has 7 nitrogen and oxygen atoms in total. The van der Waals surface area contributed by atoms with E-state index < -0.39 is 23.4 Å². The quantitative estimate of drug-likeness (QED) is 0.808. The molecule has 30 heavy (non-hydrogen) atoms. The number of amides is 2. The Morgan fingerprint density at radius 3 is 2.63 bits per heavy atom. The van der Waals surface area contributed by atoms with E-state index in [2.05, 4.69) is 10.3 Å². The van der Waals surface area contributed by atoms with Gasteiger partial charge in [-0.3, -0.25) is 9.69 Å². The number of carbonyl (C=O) groups excluding carboxylic acids is 2. The largest absolute Gasteiger partial charge is 0.443 e. The van der Waals surface area contributed by atoms with Crippen LogP contribution in [0.1, 0.15) is 44.4 Å². The second kappa shape index (κ2) is 8.79. The molecule has 8 heteroatoms. The van der Waals surface area contributed by atoms with Gasteiger partial charge in [0.1, 0.15) is 17.2 Å². The van der Waals surface area contributed by atoms with Crippen LogP contribution in [0.2, 0.25) is 0 Å². The Balaban J connectivity index is 1.80. The van der Waals surface area contributed by atoms with E-state index in [1.807, 2.05) is 32.9 Å². The normalized spacial score (nSPS) is 14.6. The highest BCUT2D eigenvalue weighted by molar-refractivity contribution is 5.94. The number of hydrogen-bond acceptors (Lipinski definition) is 5. The van der Waals surface area contributed by atoms with Gasteiger partial charge in [0, 0.05) is 13.7 Å². The number of fused-ring (bicyclic) bond motifs is 1. The van der Waals surface area contributed by atoms with Crippen molar-refractivity contribution in [3.8, 4) is 0 Å². The minimum atomic E-state index is -0.876. The standard InChI is InChI=1S/C22H26FN3O4/c1-22(2,3)30-21(28)26-11-5-6-14-12-15(7-9-17(14)26)19(29-4)20(27)25-18-10-8-16(23)13-24-18/h7-10,12-13,19H,5-6,11H2,1-4H3,(H,24,25,27). The number of anilines is 2. The fourth-order valence-electron chi connectivity index (χ4n) is 3.32. The first-order valence-corrected chi connectivity index (χ1v) is 9.76. The fourth-order valence-corrected chi connectivity index (χ4v) is 3.32. The molecule has 1 aliphatic rings. The Morgan fingerprint density at radius 1 is 1.23 bits per heavy atom. The van der Waals surface area contributed by atoms with Crippen molar-refractivity contribution in [3.63, 3.8) is 0 Å². The van der Waals surface area contributed by atoms with Gasteiger partial charge >= 0.3 is 6.09 Å². The van der Waals surface area contributed by atoms with E-state index >= 15 is 0 Å². The van der Waals surface area contributed by atoms with Crippen LogP contribution in [0.15, 0.2) is 36.5 Å². The third kappa shape index (κ3) is 5.13. The van der Waals surface area contributed by atoms with Crippen molar-refractivity contribution in [2.75, 3.05) is 23.9 Å². The molecule has 0 fully saturated rings. The maximum Gasteiger partial charge on any atom is 0.414 e. The van der Waals surface area contributed by atoms with E-state index in [0.717, 1.165) is 30.3 Å². The predicted octanol–water partition coefficient (Wildman–Crippen LogP) is 4.23. The van der Waals surface area contributed by atoms with Crippen LogP contribution in [0.3, 0.4) is 0 Å². The van der Waals surface area contributed by atoms with Crippen molar-refractivity contribution >= 4 is 23.5 Å². The van der Waals surface area contributed by atoms with Gasteiger partial charge in [-0.05, 0) is 62.9 Å². The number of rotatable bonds is 4. The first-order valence-electron chi connectivity index (χ1n) is 9.76. The summed E-state index contributed by atoms with van der Waals surface area (Å²) in [4.78, 5) is 30.7. The molecular formula is C22H26FN3O4. The number of nitrogens with zero attached hydrogens (tertiary/aromatic N) is 2. The molecule has 0 saturated heterocycles. The third-order valence-electron chi connectivity index (χ3n) is 4.59. The fraction of sp³-hybridized carbons (Fsp3) is 0.409. The number of carbonyl (C=O) groups is 2. The van der Waals surface area contributed by atoms with Gasteiger partial charge in [-0.2, -0.15) is 0 Å². The predicted molar refractivity (Wildman–Crippen MR) is 111 cm³/mol. The number of ether oxygens (including phenoxy) is 2. The summed E-state index contributed by atoms with van der Waals surface area (Å²) in [5.41, 5.74) is 1.79. The van der Waals surface area contributed by atoms with Crippen LogP contribution in [-0.4, -0.2) is 36.2 Å². The van der Waals surface area contributed by atoms with Gasteiger partial charge in [0.2, 0.25) is 0 Å². The van der Waals surface area contributed by atoms with Crippen LogP contribution in [-0.2, 0) is 20.7 Å². The molecule has 1 unspecified atom stereocenters. The lowest BCUT2D eigenvalue weighted by molar-refractivity contribution is -0.126. The zero-order valence-electron chi connectivity index (χ0n) is 17.6. The van der Waals surface area contributed by atoms with E-state index in [-0.39, 0.29) is 11.9 Å². The zero-order valence-corrected chi connectivity index (χ0v) is 17.6. The summed E-state index contributed by atoms with van der Waals surface area (Å²) in [6.45, 7) is 6.07. The molecule has 0 spiro atoms. The Kier molecular flexibility index (Phi) is 6.36. The molecule has 2 aromatic rings. The second-order valence-electron chi connectivity index (χ2n) is 8.09. The maximum absolute atomic E-state index is 13.0. The van der Waals surface area contributed by atoms with Gasteiger partial charge in [-0.15, -0.1) is 0 Å². The number of methoxy groups -OCH3 is 1. The summed E-state index contributed by atoms with van der Waals surface area (Å²) in [6.07, 6.45) is 1.33. The Hall–Kier alpha value is -3.00. The lowest BCUT2D eigenvalue weighted by Crippen LogP contribution is -2.39. The molecule has 0 saturated carbocycles. The minimum absolute atomic E-state index is 0.234. The van der Waals surface area contributed by atoms with Crippen LogP contribution in [0.5, 0.6) is 0 Å². The second-order valence-corrected chi connectivity index (χ2v) is 8.09. The number of pyridine rings is 1. The van der Waals surface area contributed by atoms with E-state index in [4.69, 9.17) is 9.47 Å². The monoisotopic (exact) mass is 415 g/mol. The minimum Gasteiger partial charge on any atom is -0.443 e. The van der Waals surface area contributed by atoms with Crippen LogP contribution in [0.4, 0.5) is 20.7 Å². The van der Waals surface area contributed by atoms with Gasteiger partial charge < -0.3 is 14.8 Å². The molecule has 3 rings (SSSR count). The lowest BCUT2D eigenvalue weighted by Gasteiger charge is -2.32. The summed E-state index contributed by atoms with van der Waals surface area (Å²) < 4.78 is 23.9. The Labute approximate surface area is 175 Å². The van der Waals surface area contributed by atoms with Crippen LogP contribution >= 0.6 is 0 Å². The number of aryl methyl sites for hydroxylation is 1. The number of benzene rings is 1. The van der Waals surface area contributed by atoms with E-state index in [1.165, 1.54) is 19.2 Å². The first kappa shape index (κ1) is 21.7. The molecule has 1 aromatic heterocycles. The molecule has 0 aliphatic carbocycles. The molecule has 160 valence electrons. The van der Waals surface area contributed by atoms with Crippen molar-refractivity contribution in [1.29, 1.82) is 0 Å².